The number of aromatic nitrogens is 3. The normalized spacial score (nSPS) is 16.9. The van der Waals surface area contributed by atoms with E-state index in [-0.39, 0.29) is 90.5 Å². The predicted octanol–water partition coefficient (Wildman–Crippen LogP) is 14.3. The zero-order valence-corrected chi connectivity index (χ0v) is 29.1. The Morgan fingerprint density at radius 3 is 1.47 bits per heavy atom. The summed E-state index contributed by atoms with van der Waals surface area (Å²) in [6.07, 6.45) is 0. The number of rotatable bonds is 3. The molecule has 0 fully saturated rings. The molecular weight excluding hydrogens is 703 g/mol. The second kappa shape index (κ2) is 11.2. The first kappa shape index (κ1) is 17.2. The van der Waals surface area contributed by atoms with Gasteiger partial charge in [0.15, 0.2) is 17.5 Å². The molecule has 0 aliphatic rings. The van der Waals surface area contributed by atoms with Crippen LogP contribution in [0.25, 0.3) is 116 Å². The molecule has 0 N–H and O–H groups in total. The van der Waals surface area contributed by atoms with E-state index < -0.39 is 109 Å². The molecule has 0 spiro atoms. The highest BCUT2D eigenvalue weighted by molar-refractivity contribution is 7.27. The summed E-state index contributed by atoms with van der Waals surface area (Å²) in [7, 11) is 0. The molecule has 0 saturated heterocycles. The molecule has 0 amide bonds. The fourth-order valence-electron chi connectivity index (χ4n) is 7.01. The van der Waals surface area contributed by atoms with Crippen molar-refractivity contribution in [3.63, 3.8) is 0 Å². The second-order valence-corrected chi connectivity index (χ2v) is 15.2. The molecule has 3 nitrogen and oxygen atoms in total. The van der Waals surface area contributed by atoms with E-state index in [1.165, 1.54) is 11.3 Å². The van der Waals surface area contributed by atoms with Crippen molar-refractivity contribution in [1.82, 2.24) is 15.0 Å². The van der Waals surface area contributed by atoms with Gasteiger partial charge in [-0.3, -0.25) is 0 Å². The largest absolute Gasteiger partial charge is 0.208 e. The molecule has 8 aromatic carbocycles. The lowest BCUT2D eigenvalue weighted by atomic mass is 9.98. The van der Waals surface area contributed by atoms with Gasteiger partial charge in [0.25, 0.3) is 0 Å². The van der Waals surface area contributed by atoms with Crippen LogP contribution in [0.15, 0.2) is 151 Å². The van der Waals surface area contributed by atoms with Crippen molar-refractivity contribution in [1.29, 1.82) is 0 Å². The lowest BCUT2D eigenvalue weighted by molar-refractivity contribution is 1.08. The van der Waals surface area contributed by atoms with Crippen LogP contribution in [0.5, 0.6) is 0 Å². The minimum absolute atomic E-state index is 0.0215. The third-order valence-corrected chi connectivity index (χ3v) is 12.6. The lowest BCUT2D eigenvalue weighted by Crippen LogP contribution is -2.01. The van der Waals surface area contributed by atoms with E-state index in [9.17, 15) is 5.48 Å². The smallest absolute Gasteiger partial charge is 0.164 e. The Bertz CT molecular complexity index is 4300. The van der Waals surface area contributed by atoms with Crippen molar-refractivity contribution < 1.29 is 24.7 Å². The summed E-state index contributed by atoms with van der Waals surface area (Å²) in [4.78, 5) is 15.1. The molecule has 12 aromatic rings. The van der Waals surface area contributed by atoms with E-state index in [1.807, 2.05) is 30.3 Å². The van der Waals surface area contributed by atoms with Crippen molar-refractivity contribution in [2.75, 3.05) is 0 Å². The van der Waals surface area contributed by atoms with Crippen LogP contribution < -0.4 is 0 Å². The van der Waals surface area contributed by atoms with Crippen LogP contribution in [-0.2, 0) is 0 Å². The predicted molar refractivity (Wildman–Crippen MR) is 230 cm³/mol. The van der Waals surface area contributed by atoms with E-state index >= 15 is 0 Å². The quantitative estimate of drug-likeness (QED) is 0.181. The maximum absolute atomic E-state index is 9.98. The van der Waals surface area contributed by atoms with Gasteiger partial charge in [0, 0.05) is 77.2 Å². The second-order valence-electron chi connectivity index (χ2n) is 12.1. The number of hydrogen-bond donors (Lipinski definition) is 0. The molecule has 0 radical (unpaired) electrons. The van der Waals surface area contributed by atoms with Crippen molar-refractivity contribution in [3.8, 4) is 34.2 Å². The first-order chi connectivity index (χ1) is 33.8. The van der Waals surface area contributed by atoms with Crippen LogP contribution in [0.1, 0.15) is 24.7 Å². The van der Waals surface area contributed by atoms with Gasteiger partial charge in [-0.2, -0.15) is 0 Å². The molecule has 53 heavy (non-hydrogen) atoms. The van der Waals surface area contributed by atoms with Crippen LogP contribution >= 0.6 is 34.0 Å². The van der Waals surface area contributed by atoms with E-state index in [2.05, 4.69) is 0 Å². The van der Waals surface area contributed by atoms with Crippen LogP contribution in [0.3, 0.4) is 0 Å². The van der Waals surface area contributed by atoms with Gasteiger partial charge >= 0.3 is 0 Å². The zero-order chi connectivity index (χ0) is 50.3. The molecule has 4 aromatic heterocycles. The van der Waals surface area contributed by atoms with Gasteiger partial charge in [-0.1, -0.05) is 115 Å². The molecular formula is C47H25N3S3. The van der Waals surface area contributed by atoms with Gasteiger partial charge in [0.2, 0.25) is 0 Å². The third kappa shape index (κ3) is 4.34. The fraction of sp³-hybridized carbons (Fsp3) is 0. The van der Waals surface area contributed by atoms with Crippen molar-refractivity contribution >= 4 is 116 Å². The van der Waals surface area contributed by atoms with Gasteiger partial charge in [-0.05, 0) is 57.8 Å². The molecule has 0 unspecified atom stereocenters. The molecule has 6 heteroatoms. The van der Waals surface area contributed by atoms with E-state index in [4.69, 9.17) is 34.1 Å². The Balaban J connectivity index is 1.36. The maximum Gasteiger partial charge on any atom is 0.164 e. The summed E-state index contributed by atoms with van der Waals surface area (Å²) in [5.74, 6) is -0.753. The summed E-state index contributed by atoms with van der Waals surface area (Å²) in [6.45, 7) is 0. The molecule has 0 bridgehead atoms. The summed E-state index contributed by atoms with van der Waals surface area (Å²) in [5, 5.41) is 0.568. The van der Waals surface area contributed by atoms with Gasteiger partial charge in [-0.15, -0.1) is 34.0 Å². The summed E-state index contributed by atoms with van der Waals surface area (Å²) in [6, 6.07) is 3.01. The minimum atomic E-state index is -0.657. The highest BCUT2D eigenvalue weighted by atomic mass is 32.1. The highest BCUT2D eigenvalue weighted by Crippen LogP contribution is 2.47. The molecule has 4 heterocycles. The molecule has 246 valence electrons. The average molecular weight is 746 g/mol. The average Bonchev–Trinajstić information content (AvgIpc) is 4.07. The summed E-state index contributed by atoms with van der Waals surface area (Å²) >= 11 is 3.20. The van der Waals surface area contributed by atoms with E-state index in [0.29, 0.717) is 10.9 Å². The van der Waals surface area contributed by atoms with Crippen molar-refractivity contribution in [2.45, 2.75) is 0 Å². The Labute approximate surface area is 340 Å². The number of fused-ring (bicyclic) bond motifs is 13. The maximum atomic E-state index is 9.98. The molecule has 0 atom stereocenters. The van der Waals surface area contributed by atoms with Crippen LogP contribution in [-0.4, -0.2) is 15.0 Å². The van der Waals surface area contributed by atoms with Gasteiger partial charge in [0.1, 0.15) is 0 Å². The summed E-state index contributed by atoms with van der Waals surface area (Å²) < 4.78 is 164. The van der Waals surface area contributed by atoms with Crippen LogP contribution in [0, 0.1) is 0 Å². The van der Waals surface area contributed by atoms with Gasteiger partial charge < -0.3 is 0 Å². The number of thiophene rings is 3. The molecule has 12 rings (SSSR count). The SMILES string of the molecule is [2H]c1c([2H])c([2H])c2c(sc3c4c([2H])c([2H])c([2H])c([2H])c4c([2H])c(-c4nc(-c5cccc6sc7ccccc7c56)nc(-c5c([2H])c6c([2H])c([2H])c([2H])c([2H])c6c6sc7c([2H])c([2H])c([2H])c([2H])c7c56)n4)c32)c1[2H]. The Kier molecular flexibility index (Phi) is 3.64. The monoisotopic (exact) mass is 745 g/mol. The molecule has 0 aliphatic carbocycles. The summed E-state index contributed by atoms with van der Waals surface area (Å²) in [5.41, 5.74) is -0.0118. The minimum Gasteiger partial charge on any atom is -0.208 e. The fourth-order valence-corrected chi connectivity index (χ4v) is 10.4. The van der Waals surface area contributed by atoms with Gasteiger partial charge in [-0.25, -0.2) is 15.0 Å². The van der Waals surface area contributed by atoms with E-state index in [1.54, 1.807) is 12.1 Å². The Morgan fingerprint density at radius 2 is 0.868 bits per heavy atom. The number of hydrogen-bond acceptors (Lipinski definition) is 6. The topological polar surface area (TPSA) is 38.7 Å². The van der Waals surface area contributed by atoms with Crippen LogP contribution in [0.2, 0.25) is 0 Å². The molecule has 0 saturated carbocycles. The van der Waals surface area contributed by atoms with E-state index in [0.717, 1.165) is 37.5 Å². The van der Waals surface area contributed by atoms with Crippen LogP contribution in [0.4, 0.5) is 0 Å². The Hall–Kier alpha value is -6.05. The van der Waals surface area contributed by atoms with Crippen molar-refractivity contribution in [3.05, 3.63) is 151 Å². The third-order valence-electron chi connectivity index (χ3n) is 9.22. The first-order valence-corrected chi connectivity index (χ1v) is 18.6. The first-order valence-electron chi connectivity index (χ1n) is 25.1. The Morgan fingerprint density at radius 1 is 0.377 bits per heavy atom. The zero-order valence-electron chi connectivity index (χ0n) is 44.6. The van der Waals surface area contributed by atoms with Crippen molar-refractivity contribution in [2.24, 2.45) is 0 Å². The molecule has 0 aliphatic heterocycles. The highest BCUT2D eigenvalue weighted by Gasteiger charge is 2.23. The number of benzene rings is 8. The lowest BCUT2D eigenvalue weighted by Gasteiger charge is -2.13. The standard InChI is InChI=1S/C47H25N3S3/c1-3-14-28-26(12-1)24-34(41-31-17-6-9-21-37(31)52-43(28)41)46-48-45(33-19-11-23-39-40(33)30-16-5-8-20-36(30)51-39)49-47(50-46)35-25-27-13-2-4-15-29(27)44-42(35)32-18-7-10-22-38(32)53-44/h1-25H/i1D,2D,3D,4D,6D,7D,9D,10D,12D,13D,14D,15D,17D,18D,21D,22D,24D,25D. The number of nitrogens with zero attached hydrogens (tertiary/aromatic N) is 3. The van der Waals surface area contributed by atoms with Gasteiger partial charge in [0.05, 0.1) is 24.7 Å².